The molecule has 2 aromatic heterocycles. The second-order valence-electron chi connectivity index (χ2n) is 7.83. The molecule has 0 saturated heterocycles. The topological polar surface area (TPSA) is 89.4 Å². The van der Waals surface area contributed by atoms with Gasteiger partial charge in [0.25, 0.3) is 0 Å². The highest BCUT2D eigenvalue weighted by molar-refractivity contribution is 5.84. The Kier molecular flexibility index (Phi) is 6.73. The predicted molar refractivity (Wildman–Crippen MR) is 114 cm³/mol. The number of anilines is 4. The molecule has 2 aromatic rings. The van der Waals surface area contributed by atoms with E-state index in [2.05, 4.69) is 25.6 Å². The largest absolute Gasteiger partial charge is 0.416 e. The monoisotopic (exact) mass is 439 g/mol. The second kappa shape index (κ2) is 9.13. The van der Waals surface area contributed by atoms with Gasteiger partial charge in [-0.1, -0.05) is 13.0 Å². The number of alkyl halides is 3. The van der Waals surface area contributed by atoms with Gasteiger partial charge in [0.05, 0.1) is 12.7 Å². The summed E-state index contributed by atoms with van der Waals surface area (Å²) in [5, 5.41) is 15.7. The fourth-order valence-electron chi connectivity index (χ4n) is 3.44. The lowest BCUT2D eigenvalue weighted by atomic mass is 10.1. The molecule has 0 spiro atoms. The van der Waals surface area contributed by atoms with Crippen molar-refractivity contribution in [3.63, 3.8) is 0 Å². The zero-order valence-electron chi connectivity index (χ0n) is 18.0. The summed E-state index contributed by atoms with van der Waals surface area (Å²) < 4.78 is 39.2. The molecule has 3 rings (SSSR count). The molecule has 3 heterocycles. The smallest absolute Gasteiger partial charge is 0.382 e. The molecular weight excluding hydrogens is 411 g/mol. The summed E-state index contributed by atoms with van der Waals surface area (Å²) in [5.41, 5.74) is 1.71. The number of hydrogen-bond acceptors (Lipinski definition) is 8. The van der Waals surface area contributed by atoms with Gasteiger partial charge in [0.1, 0.15) is 5.69 Å². The lowest BCUT2D eigenvalue weighted by Gasteiger charge is -2.26. The van der Waals surface area contributed by atoms with Crippen LogP contribution < -0.4 is 20.4 Å². The van der Waals surface area contributed by atoms with E-state index >= 15 is 0 Å². The molecule has 0 aromatic carbocycles. The first-order valence-corrected chi connectivity index (χ1v) is 10.2. The summed E-state index contributed by atoms with van der Waals surface area (Å²) in [6.45, 7) is 6.62. The van der Waals surface area contributed by atoms with Crippen LogP contribution in [0.2, 0.25) is 0 Å². The first-order chi connectivity index (χ1) is 14.6. The van der Waals surface area contributed by atoms with Crippen LogP contribution in [0.25, 0.3) is 0 Å². The molecule has 170 valence electrons. The van der Waals surface area contributed by atoms with Crippen molar-refractivity contribution in [1.82, 2.24) is 15.0 Å². The Morgan fingerprint density at radius 1 is 1.26 bits per heavy atom. The third kappa shape index (κ3) is 5.09. The van der Waals surface area contributed by atoms with Crippen molar-refractivity contribution in [2.75, 3.05) is 34.1 Å². The minimum absolute atomic E-state index is 0.0311. The van der Waals surface area contributed by atoms with Gasteiger partial charge in [-0.2, -0.15) is 23.1 Å². The maximum absolute atomic E-state index is 13.1. The lowest BCUT2D eigenvalue weighted by Crippen LogP contribution is -2.44. The third-order valence-corrected chi connectivity index (χ3v) is 5.16. The summed E-state index contributed by atoms with van der Waals surface area (Å²) >= 11 is 0. The highest BCUT2D eigenvalue weighted by Crippen LogP contribution is 2.41. The first-order valence-electron chi connectivity index (χ1n) is 10.2. The molecule has 1 aliphatic heterocycles. The Hall–Kier alpha value is -2.82. The Labute approximate surface area is 179 Å². The molecule has 0 bridgehead atoms. The van der Waals surface area contributed by atoms with Crippen molar-refractivity contribution in [3.8, 4) is 0 Å². The van der Waals surface area contributed by atoms with E-state index in [1.54, 1.807) is 19.3 Å². The van der Waals surface area contributed by atoms with Gasteiger partial charge in [0.2, 0.25) is 5.95 Å². The van der Waals surface area contributed by atoms with E-state index in [9.17, 15) is 18.3 Å². The molecule has 3 N–H and O–H groups in total. The number of aliphatic hydroxyl groups is 1. The van der Waals surface area contributed by atoms with Crippen LogP contribution in [0.1, 0.15) is 32.8 Å². The zero-order valence-corrected chi connectivity index (χ0v) is 18.0. The van der Waals surface area contributed by atoms with Gasteiger partial charge < -0.3 is 25.5 Å². The van der Waals surface area contributed by atoms with Crippen LogP contribution in [0.3, 0.4) is 0 Å². The fourth-order valence-corrected chi connectivity index (χ4v) is 3.44. The summed E-state index contributed by atoms with van der Waals surface area (Å²) in [4.78, 5) is 17.1. The van der Waals surface area contributed by atoms with Gasteiger partial charge in [-0.15, -0.1) is 0 Å². The lowest BCUT2D eigenvalue weighted by molar-refractivity contribution is -0.208. The van der Waals surface area contributed by atoms with Crippen molar-refractivity contribution in [1.29, 1.82) is 0 Å². The van der Waals surface area contributed by atoms with Gasteiger partial charge in [-0.05, 0) is 31.9 Å². The van der Waals surface area contributed by atoms with Crippen LogP contribution in [0.15, 0.2) is 24.5 Å². The van der Waals surface area contributed by atoms with Gasteiger partial charge in [0, 0.05) is 32.0 Å². The normalized spacial score (nSPS) is 15.8. The Bertz CT molecular complexity index is 879. The first kappa shape index (κ1) is 22.9. The second-order valence-corrected chi connectivity index (χ2v) is 7.83. The van der Waals surface area contributed by atoms with E-state index in [1.165, 1.54) is 0 Å². The predicted octanol–water partition coefficient (Wildman–Crippen LogP) is 3.22. The van der Waals surface area contributed by atoms with Gasteiger partial charge in [-0.3, -0.25) is 4.98 Å². The van der Waals surface area contributed by atoms with E-state index in [4.69, 9.17) is 0 Å². The molecule has 31 heavy (non-hydrogen) atoms. The highest BCUT2D eigenvalue weighted by atomic mass is 19.4. The number of aromatic nitrogens is 3. The molecule has 0 aliphatic carbocycles. The van der Waals surface area contributed by atoms with Crippen LogP contribution in [0.5, 0.6) is 0 Å². The van der Waals surface area contributed by atoms with Crippen molar-refractivity contribution in [2.24, 2.45) is 0 Å². The van der Waals surface area contributed by atoms with E-state index in [1.807, 2.05) is 42.8 Å². The standard InChI is InChI=1S/C20H28F3N7O/c1-5-14(16(31)20(21,22)23)26-19-27-17(25-10-13-7-6-8-24-9-13)15-18(28-19)30(12(2)3)11-29(15)4/h6-9,12,14,16,31H,5,10-11H2,1-4H3,(H2,25,26,27,28). The summed E-state index contributed by atoms with van der Waals surface area (Å²) in [6, 6.07) is 2.60. The minimum atomic E-state index is -4.74. The average Bonchev–Trinajstić information content (AvgIpc) is 3.06. The van der Waals surface area contributed by atoms with Crippen molar-refractivity contribution in [2.45, 2.75) is 58.1 Å². The molecule has 2 atom stereocenters. The number of nitrogens with zero attached hydrogens (tertiary/aromatic N) is 5. The van der Waals surface area contributed by atoms with Crippen LogP contribution >= 0.6 is 0 Å². The molecular formula is C20H28F3N7O. The van der Waals surface area contributed by atoms with E-state index < -0.39 is 18.3 Å². The highest BCUT2D eigenvalue weighted by Gasteiger charge is 2.43. The Morgan fingerprint density at radius 2 is 2.00 bits per heavy atom. The van der Waals surface area contributed by atoms with Crippen LogP contribution in [-0.2, 0) is 6.54 Å². The maximum atomic E-state index is 13.1. The fraction of sp³-hybridized carbons (Fsp3) is 0.550. The van der Waals surface area contributed by atoms with Gasteiger partial charge in [0.15, 0.2) is 17.7 Å². The zero-order chi connectivity index (χ0) is 22.8. The molecule has 2 unspecified atom stereocenters. The Morgan fingerprint density at radius 3 is 2.58 bits per heavy atom. The minimum Gasteiger partial charge on any atom is -0.382 e. The average molecular weight is 439 g/mol. The third-order valence-electron chi connectivity index (χ3n) is 5.16. The quantitative estimate of drug-likeness (QED) is 0.578. The van der Waals surface area contributed by atoms with E-state index in [-0.39, 0.29) is 18.4 Å². The van der Waals surface area contributed by atoms with Crippen molar-refractivity contribution >= 4 is 23.3 Å². The molecule has 0 amide bonds. The number of rotatable bonds is 8. The van der Waals surface area contributed by atoms with Crippen molar-refractivity contribution in [3.05, 3.63) is 30.1 Å². The van der Waals surface area contributed by atoms with E-state index in [0.29, 0.717) is 24.8 Å². The molecule has 11 heteroatoms. The summed E-state index contributed by atoms with van der Waals surface area (Å²) in [6.07, 6.45) is -3.81. The molecule has 8 nitrogen and oxygen atoms in total. The number of nitrogens with one attached hydrogen (secondary N) is 2. The number of fused-ring (bicyclic) bond motifs is 1. The molecule has 0 saturated carbocycles. The molecule has 1 aliphatic rings. The number of aliphatic hydroxyl groups excluding tert-OH is 1. The summed E-state index contributed by atoms with van der Waals surface area (Å²) in [5.74, 6) is 1.15. The Balaban J connectivity index is 1.95. The van der Waals surface area contributed by atoms with Crippen LogP contribution in [0.4, 0.5) is 36.4 Å². The number of halogens is 3. The van der Waals surface area contributed by atoms with Crippen LogP contribution in [0, 0.1) is 0 Å². The van der Waals surface area contributed by atoms with Gasteiger partial charge in [-0.25, -0.2) is 0 Å². The molecule has 0 fully saturated rings. The van der Waals surface area contributed by atoms with E-state index in [0.717, 1.165) is 11.3 Å². The van der Waals surface area contributed by atoms with Gasteiger partial charge >= 0.3 is 6.18 Å². The maximum Gasteiger partial charge on any atom is 0.416 e. The number of hydrogen-bond donors (Lipinski definition) is 3. The molecule has 0 radical (unpaired) electrons. The SMILES string of the molecule is CCC(Nc1nc(NCc2cccnc2)c2c(n1)N(C(C)C)CN2C)C(O)C(F)(F)F. The summed E-state index contributed by atoms with van der Waals surface area (Å²) in [7, 11) is 1.91. The van der Waals surface area contributed by atoms with Crippen molar-refractivity contribution < 1.29 is 18.3 Å². The number of pyridine rings is 1. The van der Waals surface area contributed by atoms with Crippen LogP contribution in [-0.4, -0.2) is 58.1 Å².